The highest BCUT2D eigenvalue weighted by atomic mass is 16.1. The van der Waals surface area contributed by atoms with E-state index in [0.29, 0.717) is 6.42 Å². The van der Waals surface area contributed by atoms with Gasteiger partial charge in [-0.05, 0) is 24.8 Å². The molecule has 2 aromatic heterocycles. The van der Waals surface area contributed by atoms with Gasteiger partial charge in [0.05, 0.1) is 18.1 Å². The SMILES string of the molecule is Cn1cc(CCC(=O)NC2CCCN(c3cnn(C)c3)C2)cn1. The molecule has 1 unspecified atom stereocenters. The first-order valence-electron chi connectivity index (χ1n) is 8.10. The van der Waals surface area contributed by atoms with Crippen LogP contribution in [0.4, 0.5) is 5.69 Å². The van der Waals surface area contributed by atoms with Crippen LogP contribution < -0.4 is 10.2 Å². The lowest BCUT2D eigenvalue weighted by Gasteiger charge is -2.33. The Balaban J connectivity index is 1.48. The van der Waals surface area contributed by atoms with E-state index in [1.54, 1.807) is 4.68 Å². The summed E-state index contributed by atoms with van der Waals surface area (Å²) < 4.78 is 3.57. The standard InChI is InChI=1S/C16H24N6O/c1-20-10-13(8-17-20)5-6-16(23)19-14-4-3-7-22(11-14)15-9-18-21(2)12-15/h8-10,12,14H,3-7,11H2,1-2H3,(H,19,23). The fraction of sp³-hybridized carbons (Fsp3) is 0.562. The molecule has 124 valence electrons. The van der Waals surface area contributed by atoms with Gasteiger partial charge in [-0.25, -0.2) is 0 Å². The molecule has 23 heavy (non-hydrogen) atoms. The van der Waals surface area contributed by atoms with Gasteiger partial charge in [0.25, 0.3) is 0 Å². The summed E-state index contributed by atoms with van der Waals surface area (Å²) >= 11 is 0. The van der Waals surface area contributed by atoms with Gasteiger partial charge in [-0.2, -0.15) is 10.2 Å². The molecule has 0 aliphatic carbocycles. The smallest absolute Gasteiger partial charge is 0.220 e. The minimum Gasteiger partial charge on any atom is -0.367 e. The van der Waals surface area contributed by atoms with Crippen LogP contribution in [0.2, 0.25) is 0 Å². The van der Waals surface area contributed by atoms with E-state index in [0.717, 1.165) is 43.6 Å². The molecule has 0 aromatic carbocycles. The van der Waals surface area contributed by atoms with Crippen LogP contribution in [0, 0.1) is 0 Å². The van der Waals surface area contributed by atoms with Crippen LogP contribution >= 0.6 is 0 Å². The van der Waals surface area contributed by atoms with Gasteiger partial charge in [0, 0.05) is 52.0 Å². The zero-order chi connectivity index (χ0) is 16.2. The van der Waals surface area contributed by atoms with Crippen molar-refractivity contribution in [1.29, 1.82) is 0 Å². The van der Waals surface area contributed by atoms with Gasteiger partial charge in [0.2, 0.25) is 5.91 Å². The Morgan fingerprint density at radius 3 is 2.74 bits per heavy atom. The number of hydrogen-bond donors (Lipinski definition) is 1. The number of amides is 1. The summed E-state index contributed by atoms with van der Waals surface area (Å²) in [6.45, 7) is 1.87. The van der Waals surface area contributed by atoms with E-state index >= 15 is 0 Å². The lowest BCUT2D eigenvalue weighted by molar-refractivity contribution is -0.121. The van der Waals surface area contributed by atoms with Crippen LogP contribution in [0.1, 0.15) is 24.8 Å². The summed E-state index contributed by atoms with van der Waals surface area (Å²) in [5, 5.41) is 11.5. The van der Waals surface area contributed by atoms with Crippen molar-refractivity contribution in [1.82, 2.24) is 24.9 Å². The number of hydrogen-bond acceptors (Lipinski definition) is 4. The number of aryl methyl sites for hydroxylation is 3. The van der Waals surface area contributed by atoms with E-state index in [4.69, 9.17) is 0 Å². The Morgan fingerprint density at radius 1 is 1.26 bits per heavy atom. The minimum atomic E-state index is 0.117. The summed E-state index contributed by atoms with van der Waals surface area (Å²) in [6, 6.07) is 0.213. The predicted molar refractivity (Wildman–Crippen MR) is 88.1 cm³/mol. The summed E-state index contributed by atoms with van der Waals surface area (Å²) in [6.07, 6.45) is 11.0. The van der Waals surface area contributed by atoms with E-state index in [1.807, 2.05) is 43.6 Å². The molecule has 1 N–H and O–H groups in total. The maximum atomic E-state index is 12.2. The van der Waals surface area contributed by atoms with Gasteiger partial charge in [-0.1, -0.05) is 0 Å². The van der Waals surface area contributed by atoms with E-state index in [9.17, 15) is 4.79 Å². The predicted octanol–water partition coefficient (Wildman–Crippen LogP) is 0.871. The summed E-state index contributed by atoms with van der Waals surface area (Å²) in [5.41, 5.74) is 2.23. The van der Waals surface area contributed by atoms with Crippen molar-refractivity contribution in [3.8, 4) is 0 Å². The van der Waals surface area contributed by atoms with Crippen molar-refractivity contribution in [2.75, 3.05) is 18.0 Å². The summed E-state index contributed by atoms with van der Waals surface area (Å²) in [7, 11) is 3.81. The molecule has 1 fully saturated rings. The number of rotatable bonds is 5. The number of nitrogens with zero attached hydrogens (tertiary/aromatic N) is 5. The molecule has 0 bridgehead atoms. The zero-order valence-corrected chi connectivity index (χ0v) is 13.8. The van der Waals surface area contributed by atoms with Crippen LogP contribution in [0.5, 0.6) is 0 Å². The van der Waals surface area contributed by atoms with Crippen LogP contribution in [0.3, 0.4) is 0 Å². The largest absolute Gasteiger partial charge is 0.367 e. The molecule has 1 saturated heterocycles. The molecule has 1 aliphatic heterocycles. The van der Waals surface area contributed by atoms with Gasteiger partial charge < -0.3 is 10.2 Å². The van der Waals surface area contributed by atoms with Gasteiger partial charge in [-0.3, -0.25) is 14.2 Å². The summed E-state index contributed by atoms with van der Waals surface area (Å²) in [4.78, 5) is 14.5. The van der Waals surface area contributed by atoms with Gasteiger partial charge in [0.15, 0.2) is 0 Å². The highest BCUT2D eigenvalue weighted by Gasteiger charge is 2.22. The van der Waals surface area contributed by atoms with Crippen molar-refractivity contribution in [2.24, 2.45) is 14.1 Å². The van der Waals surface area contributed by atoms with Crippen molar-refractivity contribution >= 4 is 11.6 Å². The van der Waals surface area contributed by atoms with E-state index in [2.05, 4.69) is 20.4 Å². The quantitative estimate of drug-likeness (QED) is 0.889. The first-order chi connectivity index (χ1) is 11.1. The Kier molecular flexibility index (Phi) is 4.64. The molecule has 0 spiro atoms. The van der Waals surface area contributed by atoms with Crippen LogP contribution in [0.15, 0.2) is 24.8 Å². The highest BCUT2D eigenvalue weighted by molar-refractivity contribution is 5.76. The van der Waals surface area contributed by atoms with E-state index < -0.39 is 0 Å². The average Bonchev–Trinajstić information content (AvgIpc) is 3.14. The molecular formula is C16H24N6O. The first kappa shape index (κ1) is 15.6. The number of carbonyl (C=O) groups is 1. The molecule has 3 rings (SSSR count). The normalized spacial score (nSPS) is 18.2. The fourth-order valence-corrected chi connectivity index (χ4v) is 3.06. The molecule has 0 radical (unpaired) electrons. The molecule has 3 heterocycles. The molecule has 2 aromatic rings. The van der Waals surface area contributed by atoms with Crippen LogP contribution in [-0.4, -0.2) is 44.6 Å². The topological polar surface area (TPSA) is 68.0 Å². The second-order valence-electron chi connectivity index (χ2n) is 6.25. The van der Waals surface area contributed by atoms with Crippen molar-refractivity contribution < 1.29 is 4.79 Å². The molecule has 1 atom stereocenters. The third kappa shape index (κ3) is 4.12. The average molecular weight is 316 g/mol. The lowest BCUT2D eigenvalue weighted by atomic mass is 10.0. The Hall–Kier alpha value is -2.31. The number of aromatic nitrogens is 4. The van der Waals surface area contributed by atoms with Crippen molar-refractivity contribution in [3.05, 3.63) is 30.4 Å². The lowest BCUT2D eigenvalue weighted by Crippen LogP contribution is -2.47. The van der Waals surface area contributed by atoms with Gasteiger partial charge in [0.1, 0.15) is 0 Å². The van der Waals surface area contributed by atoms with Crippen molar-refractivity contribution in [3.63, 3.8) is 0 Å². The zero-order valence-electron chi connectivity index (χ0n) is 13.8. The maximum absolute atomic E-state index is 12.2. The third-order valence-electron chi connectivity index (χ3n) is 4.24. The molecule has 7 nitrogen and oxygen atoms in total. The maximum Gasteiger partial charge on any atom is 0.220 e. The van der Waals surface area contributed by atoms with Crippen molar-refractivity contribution in [2.45, 2.75) is 31.7 Å². The molecule has 0 saturated carbocycles. The molecular weight excluding hydrogens is 292 g/mol. The van der Waals surface area contributed by atoms with E-state index in [1.165, 1.54) is 0 Å². The number of anilines is 1. The number of nitrogens with one attached hydrogen (secondary N) is 1. The monoisotopic (exact) mass is 316 g/mol. The molecule has 1 amide bonds. The summed E-state index contributed by atoms with van der Waals surface area (Å²) in [5.74, 6) is 0.117. The van der Waals surface area contributed by atoms with Gasteiger partial charge >= 0.3 is 0 Å². The van der Waals surface area contributed by atoms with E-state index in [-0.39, 0.29) is 11.9 Å². The first-order valence-corrected chi connectivity index (χ1v) is 8.10. The number of carbonyl (C=O) groups excluding carboxylic acids is 1. The Morgan fingerprint density at radius 2 is 2.04 bits per heavy atom. The Bertz CT molecular complexity index is 661. The number of piperidine rings is 1. The Labute approximate surface area is 136 Å². The van der Waals surface area contributed by atoms with Crippen LogP contribution in [-0.2, 0) is 25.3 Å². The fourth-order valence-electron chi connectivity index (χ4n) is 3.06. The van der Waals surface area contributed by atoms with Crippen LogP contribution in [0.25, 0.3) is 0 Å². The molecule has 1 aliphatic rings. The second-order valence-corrected chi connectivity index (χ2v) is 6.25. The highest BCUT2D eigenvalue weighted by Crippen LogP contribution is 2.19. The van der Waals surface area contributed by atoms with Gasteiger partial charge in [-0.15, -0.1) is 0 Å². The molecule has 7 heteroatoms. The minimum absolute atomic E-state index is 0.117. The third-order valence-corrected chi connectivity index (χ3v) is 4.24. The second kappa shape index (κ2) is 6.85.